The van der Waals surface area contributed by atoms with Gasteiger partial charge in [-0.2, -0.15) is 0 Å². The molecule has 0 aromatic heterocycles. The molecule has 0 saturated heterocycles. The van der Waals surface area contributed by atoms with Crippen LogP contribution in [0.15, 0.2) is 12.1 Å². The van der Waals surface area contributed by atoms with Gasteiger partial charge in [-0.15, -0.1) is 0 Å². The van der Waals surface area contributed by atoms with E-state index in [0.717, 1.165) is 22.4 Å². The maximum Gasteiger partial charge on any atom is 0.325 e. The van der Waals surface area contributed by atoms with Crippen LogP contribution in [0, 0.1) is 20.8 Å². The van der Waals surface area contributed by atoms with E-state index in [-0.39, 0.29) is 6.73 Å². The van der Waals surface area contributed by atoms with Crippen LogP contribution in [-0.4, -0.2) is 29.9 Å². The van der Waals surface area contributed by atoms with Crippen LogP contribution >= 0.6 is 0 Å². The van der Waals surface area contributed by atoms with Gasteiger partial charge in [0.15, 0.2) is 6.73 Å². The second kappa shape index (κ2) is 6.79. The van der Waals surface area contributed by atoms with Crippen molar-refractivity contribution in [3.05, 3.63) is 28.8 Å². The predicted octanol–water partition coefficient (Wildman–Crippen LogP) is 1.72. The number of amides is 2. The lowest BCUT2D eigenvalue weighted by Gasteiger charge is -2.15. The summed E-state index contributed by atoms with van der Waals surface area (Å²) in [6.45, 7) is 7.22. The molecule has 0 spiro atoms. The third-order valence-corrected chi connectivity index (χ3v) is 3.04. The summed E-state index contributed by atoms with van der Waals surface area (Å²) in [4.78, 5) is 22.0. The summed E-state index contributed by atoms with van der Waals surface area (Å²) >= 11 is 0. The topological polar surface area (TPSA) is 87.7 Å². The number of nitrogens with one attached hydrogen (secondary N) is 2. The number of carbonyl (C=O) groups is 2. The van der Waals surface area contributed by atoms with Crippen molar-refractivity contribution in [2.45, 2.75) is 33.7 Å². The van der Waals surface area contributed by atoms with Crippen LogP contribution in [0.4, 0.5) is 4.79 Å². The number of carbonyl (C=O) groups excluding carboxylic acids is 1. The summed E-state index contributed by atoms with van der Waals surface area (Å²) in [7, 11) is 0. The molecule has 1 aromatic rings. The average Bonchev–Trinajstić information content (AvgIpc) is 2.38. The molecule has 6 heteroatoms. The zero-order chi connectivity index (χ0) is 15.3. The normalized spacial score (nSPS) is 11.6. The molecule has 1 unspecified atom stereocenters. The number of ether oxygens (including phenoxy) is 1. The number of aryl methyl sites for hydroxylation is 2. The quantitative estimate of drug-likeness (QED) is 0.717. The van der Waals surface area contributed by atoms with Crippen molar-refractivity contribution in [2.75, 3.05) is 6.73 Å². The van der Waals surface area contributed by atoms with Gasteiger partial charge in [-0.1, -0.05) is 12.1 Å². The number of urea groups is 1. The average molecular weight is 280 g/mol. The van der Waals surface area contributed by atoms with E-state index in [1.165, 1.54) is 6.92 Å². The first kappa shape index (κ1) is 15.8. The number of carboxylic acids is 1. The third-order valence-electron chi connectivity index (χ3n) is 3.04. The molecule has 1 rings (SSSR count). The van der Waals surface area contributed by atoms with E-state index in [4.69, 9.17) is 9.84 Å². The fourth-order valence-corrected chi connectivity index (χ4v) is 1.63. The van der Waals surface area contributed by atoms with Crippen LogP contribution in [-0.2, 0) is 4.79 Å². The van der Waals surface area contributed by atoms with Gasteiger partial charge in [0.25, 0.3) is 0 Å². The van der Waals surface area contributed by atoms with Gasteiger partial charge in [-0.3, -0.25) is 4.79 Å². The van der Waals surface area contributed by atoms with E-state index in [2.05, 4.69) is 10.6 Å². The fraction of sp³-hybridized carbons (Fsp3) is 0.429. The van der Waals surface area contributed by atoms with Crippen LogP contribution in [0.5, 0.6) is 5.75 Å². The van der Waals surface area contributed by atoms with Gasteiger partial charge < -0.3 is 20.5 Å². The molecule has 0 bridgehead atoms. The summed E-state index contributed by atoms with van der Waals surface area (Å²) in [6.07, 6.45) is 0. The highest BCUT2D eigenvalue weighted by Crippen LogP contribution is 2.25. The highest BCUT2D eigenvalue weighted by atomic mass is 16.5. The number of rotatable bonds is 5. The Bertz CT molecular complexity index is 514. The van der Waals surface area contributed by atoms with Gasteiger partial charge in [0, 0.05) is 0 Å². The van der Waals surface area contributed by atoms with Gasteiger partial charge >= 0.3 is 12.0 Å². The molecule has 1 atom stereocenters. The smallest absolute Gasteiger partial charge is 0.325 e. The molecule has 20 heavy (non-hydrogen) atoms. The molecule has 0 aliphatic carbocycles. The zero-order valence-electron chi connectivity index (χ0n) is 12.1. The Balaban J connectivity index is 2.51. The lowest BCUT2D eigenvalue weighted by Crippen LogP contribution is -2.45. The highest BCUT2D eigenvalue weighted by molar-refractivity contribution is 5.82. The first-order chi connectivity index (χ1) is 9.32. The molecule has 0 heterocycles. The second-order valence-electron chi connectivity index (χ2n) is 4.65. The predicted molar refractivity (Wildman–Crippen MR) is 74.9 cm³/mol. The molecule has 110 valence electrons. The van der Waals surface area contributed by atoms with Gasteiger partial charge in [-0.05, 0) is 44.4 Å². The van der Waals surface area contributed by atoms with Gasteiger partial charge in [0.2, 0.25) is 0 Å². The van der Waals surface area contributed by atoms with E-state index in [1.54, 1.807) is 0 Å². The largest absolute Gasteiger partial charge is 0.480 e. The Kier molecular flexibility index (Phi) is 5.37. The van der Waals surface area contributed by atoms with Crippen LogP contribution in [0.2, 0.25) is 0 Å². The maximum absolute atomic E-state index is 11.4. The van der Waals surface area contributed by atoms with Crippen LogP contribution in [0.25, 0.3) is 0 Å². The minimum Gasteiger partial charge on any atom is -0.480 e. The first-order valence-electron chi connectivity index (χ1n) is 6.29. The molecule has 0 aliphatic rings. The molecule has 6 nitrogen and oxygen atoms in total. The van der Waals surface area contributed by atoms with Crippen LogP contribution in [0.3, 0.4) is 0 Å². The van der Waals surface area contributed by atoms with E-state index < -0.39 is 18.0 Å². The number of aliphatic carboxylic acids is 1. The van der Waals surface area contributed by atoms with Crippen molar-refractivity contribution in [2.24, 2.45) is 0 Å². The molecule has 0 aliphatic heterocycles. The second-order valence-corrected chi connectivity index (χ2v) is 4.65. The van der Waals surface area contributed by atoms with E-state index in [1.807, 2.05) is 32.9 Å². The molecule has 1 aromatic carbocycles. The standard InChI is InChI=1S/C14H20N2O4/c1-8-5-6-9(2)12(10(8)3)20-7-15-14(19)16-11(4)13(17)18/h5-6,11H,7H2,1-4H3,(H,17,18)(H2,15,16,19). The lowest BCUT2D eigenvalue weighted by molar-refractivity contribution is -0.138. The SMILES string of the molecule is Cc1ccc(C)c(OCNC(=O)NC(C)C(=O)O)c1C. The summed E-state index contributed by atoms with van der Waals surface area (Å²) < 4.78 is 5.54. The maximum atomic E-state index is 11.4. The van der Waals surface area contributed by atoms with Gasteiger partial charge in [0.1, 0.15) is 11.8 Å². The highest BCUT2D eigenvalue weighted by Gasteiger charge is 2.13. The molecular formula is C14H20N2O4. The Labute approximate surface area is 118 Å². The van der Waals surface area contributed by atoms with E-state index in [9.17, 15) is 9.59 Å². The van der Waals surface area contributed by atoms with E-state index in [0.29, 0.717) is 0 Å². The molecule has 2 amide bonds. The first-order valence-corrected chi connectivity index (χ1v) is 6.29. The minimum absolute atomic E-state index is 0.0245. The monoisotopic (exact) mass is 280 g/mol. The minimum atomic E-state index is -1.09. The molecule has 0 fully saturated rings. The Morgan fingerprint density at radius 3 is 2.45 bits per heavy atom. The molecular weight excluding hydrogens is 260 g/mol. The Morgan fingerprint density at radius 2 is 1.85 bits per heavy atom. The van der Waals surface area contributed by atoms with Crippen molar-refractivity contribution >= 4 is 12.0 Å². The number of hydrogen-bond donors (Lipinski definition) is 3. The van der Waals surface area contributed by atoms with Gasteiger partial charge in [-0.25, -0.2) is 4.79 Å². The third kappa shape index (κ3) is 4.15. The van der Waals surface area contributed by atoms with Crippen molar-refractivity contribution in [3.63, 3.8) is 0 Å². The van der Waals surface area contributed by atoms with Crippen molar-refractivity contribution < 1.29 is 19.4 Å². The van der Waals surface area contributed by atoms with Crippen LogP contribution in [0.1, 0.15) is 23.6 Å². The van der Waals surface area contributed by atoms with Crippen molar-refractivity contribution in [1.29, 1.82) is 0 Å². The molecule has 0 saturated carbocycles. The van der Waals surface area contributed by atoms with Crippen molar-refractivity contribution in [3.8, 4) is 5.75 Å². The van der Waals surface area contributed by atoms with Crippen LogP contribution < -0.4 is 15.4 Å². The van der Waals surface area contributed by atoms with Crippen molar-refractivity contribution in [1.82, 2.24) is 10.6 Å². The summed E-state index contributed by atoms with van der Waals surface area (Å²) in [6, 6.07) is 2.43. The summed E-state index contributed by atoms with van der Waals surface area (Å²) in [5, 5.41) is 13.4. The summed E-state index contributed by atoms with van der Waals surface area (Å²) in [5.74, 6) is -0.358. The summed E-state index contributed by atoms with van der Waals surface area (Å²) in [5.41, 5.74) is 3.11. The van der Waals surface area contributed by atoms with E-state index >= 15 is 0 Å². The number of carboxylic acid groups (broad SMARTS) is 1. The number of hydrogen-bond acceptors (Lipinski definition) is 3. The molecule has 0 radical (unpaired) electrons. The molecule has 3 N–H and O–H groups in total. The zero-order valence-corrected chi connectivity index (χ0v) is 12.1. The Morgan fingerprint density at radius 1 is 1.25 bits per heavy atom. The number of benzene rings is 1. The fourth-order valence-electron chi connectivity index (χ4n) is 1.63. The van der Waals surface area contributed by atoms with Gasteiger partial charge in [0.05, 0.1) is 0 Å². The Hall–Kier alpha value is -2.24. The lowest BCUT2D eigenvalue weighted by atomic mass is 10.1.